The van der Waals surface area contributed by atoms with Gasteiger partial charge >= 0.3 is 0 Å². The smallest absolute Gasteiger partial charge is 0.0958 e. The van der Waals surface area contributed by atoms with Crippen LogP contribution >= 0.6 is 24.0 Å². The zero-order chi connectivity index (χ0) is 14.7. The Labute approximate surface area is 141 Å². The molecule has 0 bridgehead atoms. The Morgan fingerprint density at radius 1 is 1.18 bits per heavy atom. The second-order valence-corrected chi connectivity index (χ2v) is 5.68. The fourth-order valence-corrected chi connectivity index (χ4v) is 2.85. The quantitative estimate of drug-likeness (QED) is 0.708. The average molecular weight is 336 g/mol. The van der Waals surface area contributed by atoms with Crippen LogP contribution in [0.25, 0.3) is 11.0 Å². The van der Waals surface area contributed by atoms with Crippen LogP contribution in [0.15, 0.2) is 48.8 Å². The molecule has 1 aromatic heterocycles. The summed E-state index contributed by atoms with van der Waals surface area (Å²) in [6.45, 7) is 4.69. The highest BCUT2D eigenvalue weighted by molar-refractivity contribution is 6.30. The first-order chi connectivity index (χ1) is 10.2. The normalized spacial score (nSPS) is 10.6. The van der Waals surface area contributed by atoms with E-state index in [0.29, 0.717) is 0 Å². The molecule has 0 spiro atoms. The van der Waals surface area contributed by atoms with E-state index in [4.69, 9.17) is 11.6 Å². The lowest BCUT2D eigenvalue weighted by Crippen LogP contribution is -2.19. The third-order valence-electron chi connectivity index (χ3n) is 3.49. The summed E-state index contributed by atoms with van der Waals surface area (Å²) >= 11 is 6.07. The summed E-state index contributed by atoms with van der Waals surface area (Å²) in [5, 5.41) is 4.25. The molecule has 3 rings (SSSR count). The number of hydrogen-bond acceptors (Lipinski definition) is 2. The molecule has 2 aromatic carbocycles. The highest BCUT2D eigenvalue weighted by Crippen LogP contribution is 2.14. The number of aromatic nitrogens is 2. The molecule has 1 heterocycles. The predicted octanol–water partition coefficient (Wildman–Crippen LogP) is 4.21. The van der Waals surface area contributed by atoms with Gasteiger partial charge in [-0.05, 0) is 42.3 Å². The molecule has 0 aliphatic rings. The first-order valence-electron chi connectivity index (χ1n) is 7.09. The Kier molecular flexibility index (Phi) is 5.83. The second kappa shape index (κ2) is 7.63. The van der Waals surface area contributed by atoms with Crippen LogP contribution < -0.4 is 5.32 Å². The molecule has 0 saturated heterocycles. The SMILES string of the molecule is Cc1cc(Cl)cc(CNCCn2cnc3ccccc32)c1.Cl. The topological polar surface area (TPSA) is 29.9 Å². The highest BCUT2D eigenvalue weighted by atomic mass is 35.5. The standard InChI is InChI=1S/C17H18ClN3.ClH/c1-13-8-14(10-15(18)9-13)11-19-6-7-21-12-20-16-4-2-3-5-17(16)21;/h2-5,8-10,12,19H,6-7,11H2,1H3;1H. The highest BCUT2D eigenvalue weighted by Gasteiger charge is 2.01. The number of halogens is 2. The van der Waals surface area contributed by atoms with Crippen molar-refractivity contribution in [3.05, 3.63) is 64.9 Å². The van der Waals surface area contributed by atoms with Gasteiger partial charge in [0.25, 0.3) is 0 Å². The Hall–Kier alpha value is -1.55. The van der Waals surface area contributed by atoms with Crippen LogP contribution in [0.5, 0.6) is 0 Å². The summed E-state index contributed by atoms with van der Waals surface area (Å²) in [7, 11) is 0. The van der Waals surface area contributed by atoms with Crippen molar-refractivity contribution in [3.8, 4) is 0 Å². The van der Waals surface area contributed by atoms with Crippen molar-refractivity contribution in [2.45, 2.75) is 20.0 Å². The van der Waals surface area contributed by atoms with Gasteiger partial charge in [-0.3, -0.25) is 0 Å². The van der Waals surface area contributed by atoms with Gasteiger partial charge < -0.3 is 9.88 Å². The first kappa shape index (κ1) is 16.8. The molecular formula is C17H19Cl2N3. The molecule has 0 aliphatic heterocycles. The van der Waals surface area contributed by atoms with E-state index < -0.39 is 0 Å². The van der Waals surface area contributed by atoms with Crippen molar-refractivity contribution in [3.63, 3.8) is 0 Å². The van der Waals surface area contributed by atoms with Crippen molar-refractivity contribution in [1.82, 2.24) is 14.9 Å². The number of nitrogens with one attached hydrogen (secondary N) is 1. The molecule has 0 radical (unpaired) electrons. The van der Waals surface area contributed by atoms with E-state index in [2.05, 4.69) is 33.9 Å². The van der Waals surface area contributed by atoms with Gasteiger partial charge in [-0.25, -0.2) is 4.98 Å². The zero-order valence-electron chi connectivity index (χ0n) is 12.4. The van der Waals surface area contributed by atoms with Gasteiger partial charge in [0.05, 0.1) is 17.4 Å². The number of fused-ring (bicyclic) bond motifs is 1. The molecule has 1 N–H and O–H groups in total. The lowest BCUT2D eigenvalue weighted by atomic mass is 10.1. The van der Waals surface area contributed by atoms with Crippen LogP contribution in [0.1, 0.15) is 11.1 Å². The molecule has 3 nitrogen and oxygen atoms in total. The zero-order valence-corrected chi connectivity index (χ0v) is 14.0. The van der Waals surface area contributed by atoms with Crippen molar-refractivity contribution < 1.29 is 0 Å². The molecule has 0 saturated carbocycles. The van der Waals surface area contributed by atoms with Crippen LogP contribution in [-0.4, -0.2) is 16.1 Å². The Morgan fingerprint density at radius 2 is 2.00 bits per heavy atom. The molecule has 5 heteroatoms. The van der Waals surface area contributed by atoms with Gasteiger partial charge in [0.1, 0.15) is 0 Å². The molecule has 22 heavy (non-hydrogen) atoms. The van der Waals surface area contributed by atoms with E-state index >= 15 is 0 Å². The minimum absolute atomic E-state index is 0. The maximum atomic E-state index is 6.07. The fourth-order valence-electron chi connectivity index (χ4n) is 2.53. The van der Waals surface area contributed by atoms with Crippen LogP contribution in [0.3, 0.4) is 0 Å². The number of imidazole rings is 1. The maximum Gasteiger partial charge on any atom is 0.0958 e. The summed E-state index contributed by atoms with van der Waals surface area (Å²) in [6, 6.07) is 14.3. The third kappa shape index (κ3) is 4.01. The van der Waals surface area contributed by atoms with E-state index in [0.717, 1.165) is 30.2 Å². The number of hydrogen-bond donors (Lipinski definition) is 1. The molecule has 0 amide bonds. The third-order valence-corrected chi connectivity index (χ3v) is 3.71. The molecular weight excluding hydrogens is 317 g/mol. The first-order valence-corrected chi connectivity index (χ1v) is 7.47. The summed E-state index contributed by atoms with van der Waals surface area (Å²) in [4.78, 5) is 4.40. The monoisotopic (exact) mass is 335 g/mol. The van der Waals surface area contributed by atoms with Gasteiger partial charge in [-0.2, -0.15) is 0 Å². The van der Waals surface area contributed by atoms with E-state index in [1.807, 2.05) is 36.7 Å². The molecule has 3 aromatic rings. The van der Waals surface area contributed by atoms with Gasteiger partial charge in [-0.15, -0.1) is 12.4 Å². The van der Waals surface area contributed by atoms with Crippen molar-refractivity contribution in [2.75, 3.05) is 6.54 Å². The Morgan fingerprint density at radius 3 is 2.82 bits per heavy atom. The lowest BCUT2D eigenvalue weighted by molar-refractivity contribution is 0.606. The van der Waals surface area contributed by atoms with E-state index in [1.165, 1.54) is 16.6 Å². The van der Waals surface area contributed by atoms with Crippen molar-refractivity contribution in [1.29, 1.82) is 0 Å². The summed E-state index contributed by atoms with van der Waals surface area (Å²) in [6.07, 6.45) is 1.90. The van der Waals surface area contributed by atoms with Crippen LogP contribution in [0.4, 0.5) is 0 Å². The summed E-state index contributed by atoms with van der Waals surface area (Å²) in [5.74, 6) is 0. The van der Waals surface area contributed by atoms with E-state index in [-0.39, 0.29) is 12.4 Å². The summed E-state index contributed by atoms with van der Waals surface area (Å²) < 4.78 is 2.17. The molecule has 0 atom stereocenters. The molecule has 0 aliphatic carbocycles. The van der Waals surface area contributed by atoms with Gasteiger partial charge in [-0.1, -0.05) is 29.8 Å². The maximum absolute atomic E-state index is 6.07. The lowest BCUT2D eigenvalue weighted by Gasteiger charge is -2.08. The van der Waals surface area contributed by atoms with Gasteiger partial charge in [0, 0.05) is 24.7 Å². The minimum atomic E-state index is 0. The van der Waals surface area contributed by atoms with Crippen LogP contribution in [0, 0.1) is 6.92 Å². The second-order valence-electron chi connectivity index (χ2n) is 5.24. The van der Waals surface area contributed by atoms with E-state index in [1.54, 1.807) is 0 Å². The number of benzene rings is 2. The van der Waals surface area contributed by atoms with Crippen molar-refractivity contribution in [2.24, 2.45) is 0 Å². The molecule has 116 valence electrons. The number of nitrogens with zero attached hydrogens (tertiary/aromatic N) is 2. The van der Waals surface area contributed by atoms with Crippen LogP contribution in [0.2, 0.25) is 5.02 Å². The van der Waals surface area contributed by atoms with Crippen molar-refractivity contribution >= 4 is 35.0 Å². The average Bonchev–Trinajstić information content (AvgIpc) is 2.86. The van der Waals surface area contributed by atoms with Gasteiger partial charge in [0.15, 0.2) is 0 Å². The largest absolute Gasteiger partial charge is 0.329 e. The van der Waals surface area contributed by atoms with Crippen LogP contribution in [-0.2, 0) is 13.1 Å². The molecule has 0 fully saturated rings. The van der Waals surface area contributed by atoms with Gasteiger partial charge in [0.2, 0.25) is 0 Å². The Bertz CT molecular complexity index is 732. The fraction of sp³-hybridized carbons (Fsp3) is 0.235. The Balaban J connectivity index is 0.00000176. The minimum Gasteiger partial charge on any atom is -0.329 e. The number of para-hydroxylation sites is 2. The van der Waals surface area contributed by atoms with E-state index in [9.17, 15) is 0 Å². The predicted molar refractivity (Wildman–Crippen MR) is 94.9 cm³/mol. The molecule has 0 unspecified atom stereocenters. The number of rotatable bonds is 5. The summed E-state index contributed by atoms with van der Waals surface area (Å²) in [5.41, 5.74) is 4.64. The number of aryl methyl sites for hydroxylation is 1.